The van der Waals surface area contributed by atoms with Crippen LogP contribution < -0.4 is 0 Å². The molecule has 1 atom stereocenters. The number of aromatic carboxylic acids is 1. The first-order valence-electron chi connectivity index (χ1n) is 7.00. The molecule has 1 fully saturated rings. The number of rotatable bonds is 4. The third-order valence-corrected chi connectivity index (χ3v) is 3.75. The topological polar surface area (TPSA) is 69.6 Å². The van der Waals surface area contributed by atoms with Gasteiger partial charge in [0.05, 0.1) is 17.3 Å². The highest BCUT2D eigenvalue weighted by Crippen LogP contribution is 2.21. The van der Waals surface area contributed by atoms with Crippen molar-refractivity contribution < 1.29 is 9.90 Å². The highest BCUT2D eigenvalue weighted by atomic mass is 16.4. The van der Waals surface area contributed by atoms with Gasteiger partial charge >= 0.3 is 5.97 Å². The summed E-state index contributed by atoms with van der Waals surface area (Å²) in [6.45, 7) is 4.89. The van der Waals surface area contributed by atoms with E-state index in [-0.39, 0.29) is 11.6 Å². The number of aromatic nitrogens is 2. The second-order valence-electron chi connectivity index (χ2n) is 5.40. The molecule has 0 spiro atoms. The van der Waals surface area contributed by atoms with Crippen LogP contribution in [0.15, 0.2) is 6.20 Å². The Balaban J connectivity index is 2.32. The van der Waals surface area contributed by atoms with Crippen molar-refractivity contribution in [3.8, 4) is 0 Å². The predicted octanol–water partition coefficient (Wildman–Crippen LogP) is 1.05. The highest BCUT2D eigenvalue weighted by molar-refractivity contribution is 5.88. The van der Waals surface area contributed by atoms with Gasteiger partial charge in [-0.2, -0.15) is 0 Å². The fourth-order valence-electron chi connectivity index (χ4n) is 2.49. The number of aryl methyl sites for hydroxylation is 1. The number of carbonyl (C=O) groups is 1. The maximum atomic E-state index is 11.2. The van der Waals surface area contributed by atoms with Gasteiger partial charge in [-0.1, -0.05) is 13.3 Å². The Morgan fingerprint density at radius 2 is 2.20 bits per heavy atom. The third kappa shape index (κ3) is 3.13. The van der Waals surface area contributed by atoms with Gasteiger partial charge in [-0.25, -0.2) is 14.8 Å². The molecule has 110 valence electrons. The van der Waals surface area contributed by atoms with Crippen LogP contribution in [0.25, 0.3) is 0 Å². The molecule has 1 aromatic heterocycles. The molecular weight excluding hydrogens is 256 g/mol. The number of piperazine rings is 1. The second-order valence-corrected chi connectivity index (χ2v) is 5.40. The minimum Gasteiger partial charge on any atom is -0.478 e. The van der Waals surface area contributed by atoms with Crippen LogP contribution in [-0.4, -0.2) is 64.6 Å². The normalized spacial score (nSPS) is 21.1. The lowest BCUT2D eigenvalue weighted by atomic mass is 10.1. The zero-order valence-electron chi connectivity index (χ0n) is 12.3. The van der Waals surface area contributed by atoms with Gasteiger partial charge in [0, 0.05) is 25.8 Å². The van der Waals surface area contributed by atoms with E-state index in [9.17, 15) is 9.90 Å². The van der Waals surface area contributed by atoms with Crippen LogP contribution in [0, 0.1) is 0 Å². The van der Waals surface area contributed by atoms with Crippen LogP contribution in [-0.2, 0) is 6.42 Å². The van der Waals surface area contributed by atoms with E-state index in [2.05, 4.69) is 33.9 Å². The van der Waals surface area contributed by atoms with E-state index in [1.165, 1.54) is 6.20 Å². The summed E-state index contributed by atoms with van der Waals surface area (Å²) < 4.78 is 0. The van der Waals surface area contributed by atoms with Crippen LogP contribution in [0.3, 0.4) is 0 Å². The number of likely N-dealkylation sites (N-methyl/N-ethyl adjacent to an activating group) is 2. The van der Waals surface area contributed by atoms with Gasteiger partial charge < -0.3 is 10.0 Å². The number of hydrogen-bond acceptors (Lipinski definition) is 5. The lowest BCUT2D eigenvalue weighted by molar-refractivity contribution is 0.0693. The molecule has 6 nitrogen and oxygen atoms in total. The minimum atomic E-state index is -0.950. The van der Waals surface area contributed by atoms with Crippen molar-refractivity contribution >= 4 is 5.97 Å². The lowest BCUT2D eigenvalue weighted by Crippen LogP contribution is -2.45. The quantitative estimate of drug-likeness (QED) is 0.887. The molecule has 6 heteroatoms. The Labute approximate surface area is 119 Å². The van der Waals surface area contributed by atoms with Crippen molar-refractivity contribution in [1.82, 2.24) is 19.8 Å². The molecule has 1 aliphatic rings. The lowest BCUT2D eigenvalue weighted by Gasteiger charge is -2.36. The number of carboxylic acid groups (broad SMARTS) is 1. The Bertz CT molecular complexity index is 492. The molecule has 1 N–H and O–H groups in total. The molecule has 0 amide bonds. The van der Waals surface area contributed by atoms with E-state index in [0.29, 0.717) is 12.1 Å². The molecule has 2 rings (SSSR count). The van der Waals surface area contributed by atoms with Crippen LogP contribution in [0.2, 0.25) is 0 Å². The number of nitrogens with zero attached hydrogens (tertiary/aromatic N) is 4. The minimum absolute atomic E-state index is 0.132. The van der Waals surface area contributed by atoms with E-state index in [1.54, 1.807) is 0 Å². The second kappa shape index (κ2) is 6.28. The molecule has 20 heavy (non-hydrogen) atoms. The Hall–Kier alpha value is -1.53. The Kier molecular flexibility index (Phi) is 4.67. The summed E-state index contributed by atoms with van der Waals surface area (Å²) in [6, 6.07) is 0.132. The van der Waals surface area contributed by atoms with Crippen molar-refractivity contribution in [2.24, 2.45) is 0 Å². The summed E-state index contributed by atoms with van der Waals surface area (Å²) in [5.74, 6) is -0.221. The van der Waals surface area contributed by atoms with Crippen molar-refractivity contribution in [1.29, 1.82) is 0 Å². The van der Waals surface area contributed by atoms with Crippen LogP contribution in [0.4, 0.5) is 0 Å². The van der Waals surface area contributed by atoms with Crippen molar-refractivity contribution in [2.45, 2.75) is 25.8 Å². The molecule has 0 radical (unpaired) electrons. The standard InChI is InChI=1S/C14H22N4O2/c1-4-5-11-10(14(19)20)8-15-13(16-11)12-9-17(2)6-7-18(12)3/h8,12H,4-7,9H2,1-3H3,(H,19,20). The molecule has 0 bridgehead atoms. The fourth-order valence-corrected chi connectivity index (χ4v) is 2.49. The van der Waals surface area contributed by atoms with E-state index in [0.717, 1.165) is 31.9 Å². The van der Waals surface area contributed by atoms with Gasteiger partial charge in [-0.3, -0.25) is 4.90 Å². The largest absolute Gasteiger partial charge is 0.478 e. The third-order valence-electron chi connectivity index (χ3n) is 3.75. The number of hydrogen-bond donors (Lipinski definition) is 1. The van der Waals surface area contributed by atoms with Gasteiger partial charge in [-0.05, 0) is 20.5 Å². The average Bonchev–Trinajstić information content (AvgIpc) is 2.41. The summed E-state index contributed by atoms with van der Waals surface area (Å²) >= 11 is 0. The zero-order chi connectivity index (χ0) is 14.7. The fraction of sp³-hybridized carbons (Fsp3) is 0.643. The SMILES string of the molecule is CCCc1nc(C2CN(C)CCN2C)ncc1C(=O)O. The smallest absolute Gasteiger partial charge is 0.339 e. The molecule has 0 aromatic carbocycles. The molecule has 0 saturated carbocycles. The number of carboxylic acids is 1. The highest BCUT2D eigenvalue weighted by Gasteiger charge is 2.27. The Morgan fingerprint density at radius 1 is 1.45 bits per heavy atom. The zero-order valence-corrected chi connectivity index (χ0v) is 12.3. The summed E-state index contributed by atoms with van der Waals surface area (Å²) in [5.41, 5.74) is 0.869. The van der Waals surface area contributed by atoms with Crippen LogP contribution in [0.5, 0.6) is 0 Å². The predicted molar refractivity (Wildman–Crippen MR) is 75.9 cm³/mol. The first-order valence-corrected chi connectivity index (χ1v) is 7.00. The molecule has 1 aromatic rings. The van der Waals surface area contributed by atoms with Gasteiger partial charge in [0.25, 0.3) is 0 Å². The monoisotopic (exact) mass is 278 g/mol. The molecule has 0 aliphatic carbocycles. The van der Waals surface area contributed by atoms with Gasteiger partial charge in [0.15, 0.2) is 0 Å². The van der Waals surface area contributed by atoms with Crippen LogP contribution >= 0.6 is 0 Å². The molecule has 2 heterocycles. The van der Waals surface area contributed by atoms with Gasteiger partial charge in [0.1, 0.15) is 5.82 Å². The summed E-state index contributed by atoms with van der Waals surface area (Å²) in [4.78, 5) is 24.5. The van der Waals surface area contributed by atoms with E-state index in [1.807, 2.05) is 6.92 Å². The first kappa shape index (κ1) is 14.9. The molecule has 1 aliphatic heterocycles. The summed E-state index contributed by atoms with van der Waals surface area (Å²) in [5, 5.41) is 9.19. The Morgan fingerprint density at radius 3 is 2.85 bits per heavy atom. The summed E-state index contributed by atoms with van der Waals surface area (Å²) in [7, 11) is 4.14. The van der Waals surface area contributed by atoms with Crippen molar-refractivity contribution in [3.05, 3.63) is 23.3 Å². The van der Waals surface area contributed by atoms with Crippen molar-refractivity contribution in [3.63, 3.8) is 0 Å². The van der Waals surface area contributed by atoms with E-state index < -0.39 is 5.97 Å². The maximum Gasteiger partial charge on any atom is 0.339 e. The van der Waals surface area contributed by atoms with Crippen LogP contribution in [0.1, 0.15) is 41.3 Å². The van der Waals surface area contributed by atoms with E-state index >= 15 is 0 Å². The first-order chi connectivity index (χ1) is 9.52. The van der Waals surface area contributed by atoms with E-state index in [4.69, 9.17) is 0 Å². The van der Waals surface area contributed by atoms with Crippen molar-refractivity contribution in [2.75, 3.05) is 33.7 Å². The maximum absolute atomic E-state index is 11.2. The summed E-state index contributed by atoms with van der Waals surface area (Å²) in [6.07, 6.45) is 3.00. The average molecular weight is 278 g/mol. The molecule has 1 saturated heterocycles. The molecular formula is C14H22N4O2. The molecule has 1 unspecified atom stereocenters. The van der Waals surface area contributed by atoms with Gasteiger partial charge in [0.2, 0.25) is 0 Å². The van der Waals surface area contributed by atoms with Gasteiger partial charge in [-0.15, -0.1) is 0 Å².